The van der Waals surface area contributed by atoms with Crippen molar-refractivity contribution in [2.75, 3.05) is 30.7 Å². The number of esters is 1. The van der Waals surface area contributed by atoms with Crippen LogP contribution >= 0.6 is 0 Å². The van der Waals surface area contributed by atoms with Crippen LogP contribution < -0.4 is 14.8 Å². The van der Waals surface area contributed by atoms with E-state index in [4.69, 9.17) is 4.74 Å². The lowest BCUT2D eigenvalue weighted by atomic mass is 10.1. The normalized spacial score (nSPS) is 13.0. The van der Waals surface area contributed by atoms with Gasteiger partial charge >= 0.3 is 12.1 Å². The molecule has 0 saturated carbocycles. The highest BCUT2D eigenvalue weighted by Gasteiger charge is 2.42. The molecule has 1 atom stereocenters. The van der Waals surface area contributed by atoms with Gasteiger partial charge in [0.1, 0.15) is 24.3 Å². The van der Waals surface area contributed by atoms with Crippen molar-refractivity contribution in [1.29, 1.82) is 0 Å². The average molecular weight is 532 g/mol. The highest BCUT2D eigenvalue weighted by atomic mass is 32.2. The zero-order valence-electron chi connectivity index (χ0n) is 19.6. The first-order chi connectivity index (χ1) is 16.7. The fourth-order valence-electron chi connectivity index (χ4n) is 3.49. The maximum atomic E-state index is 14.4. The van der Waals surface area contributed by atoms with E-state index in [1.54, 1.807) is 6.07 Å². The molecule has 0 fully saturated rings. The Labute approximate surface area is 205 Å². The number of carbonyl (C=O) groups is 1. The van der Waals surface area contributed by atoms with Gasteiger partial charge in [-0.2, -0.15) is 13.2 Å². The Morgan fingerprint density at radius 1 is 1.14 bits per heavy atom. The van der Waals surface area contributed by atoms with Crippen LogP contribution in [0.2, 0.25) is 0 Å². The number of fused-ring (bicyclic) bond motifs is 1. The van der Waals surface area contributed by atoms with E-state index in [1.807, 2.05) is 26.0 Å². The molecule has 0 saturated heterocycles. The molecule has 0 radical (unpaired) electrons. The van der Waals surface area contributed by atoms with Crippen LogP contribution in [0.25, 0.3) is 10.9 Å². The number of ether oxygens (including phenoxy) is 2. The lowest BCUT2D eigenvalue weighted by molar-refractivity contribution is -0.205. The number of carbonyl (C=O) groups excluding carboxylic acids is 1. The Balaban J connectivity index is 1.67. The molecule has 0 aliphatic carbocycles. The Morgan fingerprint density at radius 3 is 2.53 bits per heavy atom. The second kappa shape index (κ2) is 10.7. The highest BCUT2D eigenvalue weighted by molar-refractivity contribution is 7.92. The molecule has 8 nitrogen and oxygen atoms in total. The third-order valence-corrected chi connectivity index (χ3v) is 5.89. The molecule has 1 unspecified atom stereocenters. The van der Waals surface area contributed by atoms with Crippen LogP contribution in [0.4, 0.5) is 23.2 Å². The summed E-state index contributed by atoms with van der Waals surface area (Å²) in [7, 11) is -3.74. The Bertz CT molecular complexity index is 1360. The summed E-state index contributed by atoms with van der Waals surface area (Å²) in [4.78, 5) is 14.7. The number of hydrogen-bond donors (Lipinski definition) is 3. The highest BCUT2D eigenvalue weighted by Crippen LogP contribution is 2.28. The van der Waals surface area contributed by atoms with E-state index >= 15 is 0 Å². The summed E-state index contributed by atoms with van der Waals surface area (Å²) in [5.41, 5.74) is 2.52. The van der Waals surface area contributed by atoms with Crippen molar-refractivity contribution in [2.24, 2.45) is 0 Å². The van der Waals surface area contributed by atoms with Gasteiger partial charge in [-0.3, -0.25) is 4.72 Å². The molecule has 3 rings (SSSR count). The van der Waals surface area contributed by atoms with Gasteiger partial charge in [0.15, 0.2) is 0 Å². The third kappa shape index (κ3) is 7.10. The first-order valence-electron chi connectivity index (χ1n) is 10.7. The van der Waals surface area contributed by atoms with Gasteiger partial charge in [0.05, 0.1) is 6.26 Å². The number of rotatable bonds is 10. The van der Waals surface area contributed by atoms with E-state index in [1.165, 1.54) is 0 Å². The monoisotopic (exact) mass is 531 g/mol. The third-order valence-electron chi connectivity index (χ3n) is 5.28. The second-order valence-corrected chi connectivity index (χ2v) is 9.89. The van der Waals surface area contributed by atoms with Gasteiger partial charge in [0, 0.05) is 47.0 Å². The first-order valence-corrected chi connectivity index (χ1v) is 12.6. The minimum Gasteiger partial charge on any atom is -0.492 e. The SMILES string of the molecule is Cc1[nH]c2cc(OCCNCC(OC(=O)C(F)(F)F)c3cc(NS(C)(=O)=O)ccc3F)ccc2c1C. The summed E-state index contributed by atoms with van der Waals surface area (Å²) < 4.78 is 88.0. The number of benzene rings is 2. The van der Waals surface area contributed by atoms with Crippen LogP contribution in [-0.2, 0) is 19.6 Å². The molecule has 0 aliphatic heterocycles. The molecule has 3 aromatic rings. The molecule has 0 bridgehead atoms. The topological polar surface area (TPSA) is 110 Å². The van der Waals surface area contributed by atoms with E-state index in [9.17, 15) is 30.8 Å². The molecular formula is C23H25F4N3O5S. The number of aryl methyl sites for hydroxylation is 2. The number of H-pyrrole nitrogens is 1. The zero-order chi connectivity index (χ0) is 26.7. The average Bonchev–Trinajstić information content (AvgIpc) is 3.05. The molecule has 13 heteroatoms. The van der Waals surface area contributed by atoms with E-state index in [0.717, 1.165) is 46.6 Å². The minimum absolute atomic E-state index is 0.101. The molecule has 196 valence electrons. The number of aromatic nitrogens is 1. The molecule has 36 heavy (non-hydrogen) atoms. The lowest BCUT2D eigenvalue weighted by Gasteiger charge is -2.21. The summed E-state index contributed by atoms with van der Waals surface area (Å²) in [5, 5.41) is 3.83. The van der Waals surface area contributed by atoms with Crippen LogP contribution in [-0.4, -0.2) is 51.5 Å². The number of hydrogen-bond acceptors (Lipinski definition) is 6. The van der Waals surface area contributed by atoms with Crippen molar-refractivity contribution in [3.05, 3.63) is 59.0 Å². The number of alkyl halides is 3. The molecule has 1 aromatic heterocycles. The maximum Gasteiger partial charge on any atom is 0.490 e. The van der Waals surface area contributed by atoms with E-state index in [2.05, 4.69) is 19.8 Å². The smallest absolute Gasteiger partial charge is 0.490 e. The first kappa shape index (κ1) is 27.3. The zero-order valence-corrected chi connectivity index (χ0v) is 20.4. The predicted octanol–water partition coefficient (Wildman–Crippen LogP) is 4.11. The van der Waals surface area contributed by atoms with Crippen molar-refractivity contribution in [1.82, 2.24) is 10.3 Å². The number of anilines is 1. The summed E-state index contributed by atoms with van der Waals surface area (Å²) in [6.45, 7) is 3.80. The lowest BCUT2D eigenvalue weighted by Crippen LogP contribution is -2.33. The molecule has 2 aromatic carbocycles. The van der Waals surface area contributed by atoms with E-state index < -0.39 is 46.2 Å². The second-order valence-electron chi connectivity index (χ2n) is 8.14. The van der Waals surface area contributed by atoms with Crippen molar-refractivity contribution in [3.8, 4) is 5.75 Å². The number of halogens is 4. The maximum absolute atomic E-state index is 14.4. The van der Waals surface area contributed by atoms with E-state index in [0.29, 0.717) is 5.75 Å². The van der Waals surface area contributed by atoms with Gasteiger partial charge in [-0.25, -0.2) is 17.6 Å². The number of nitrogens with one attached hydrogen (secondary N) is 3. The number of sulfonamides is 1. The quantitative estimate of drug-likeness (QED) is 0.206. The fraction of sp³-hybridized carbons (Fsp3) is 0.348. The van der Waals surface area contributed by atoms with Crippen LogP contribution in [0.5, 0.6) is 5.75 Å². The molecule has 3 N–H and O–H groups in total. The summed E-state index contributed by atoms with van der Waals surface area (Å²) in [6.07, 6.45) is -6.14. The van der Waals surface area contributed by atoms with Crippen LogP contribution in [0.15, 0.2) is 36.4 Å². The largest absolute Gasteiger partial charge is 0.492 e. The van der Waals surface area contributed by atoms with Gasteiger partial charge in [0.2, 0.25) is 10.0 Å². The van der Waals surface area contributed by atoms with Gasteiger partial charge in [-0.15, -0.1) is 0 Å². The van der Waals surface area contributed by atoms with Gasteiger partial charge in [0.25, 0.3) is 0 Å². The molecule has 1 heterocycles. The Morgan fingerprint density at radius 2 is 1.86 bits per heavy atom. The molecule has 0 spiro atoms. The minimum atomic E-state index is -5.30. The fourth-order valence-corrected chi connectivity index (χ4v) is 4.05. The van der Waals surface area contributed by atoms with Gasteiger partial charge in [-0.1, -0.05) is 0 Å². The Kier molecular flexibility index (Phi) is 8.14. The molecular weight excluding hydrogens is 506 g/mol. The van der Waals surface area contributed by atoms with Crippen LogP contribution in [0, 0.1) is 19.7 Å². The summed E-state index contributed by atoms with van der Waals surface area (Å²) in [6, 6.07) is 8.43. The van der Waals surface area contributed by atoms with Crippen LogP contribution in [0.1, 0.15) is 22.9 Å². The number of aromatic amines is 1. The predicted molar refractivity (Wildman–Crippen MR) is 126 cm³/mol. The summed E-state index contributed by atoms with van der Waals surface area (Å²) >= 11 is 0. The molecule has 0 aliphatic rings. The van der Waals surface area contributed by atoms with Gasteiger partial charge < -0.3 is 19.8 Å². The van der Waals surface area contributed by atoms with Crippen molar-refractivity contribution in [2.45, 2.75) is 26.1 Å². The molecule has 0 amide bonds. The van der Waals surface area contributed by atoms with Crippen LogP contribution in [0.3, 0.4) is 0 Å². The standard InChI is InChI=1S/C23H25F4N3O5S/c1-13-14(2)29-20-11-16(5-6-17(13)20)34-9-8-28-12-21(35-22(31)23(25,26)27)18-10-15(4-7-19(18)24)30-36(3,32)33/h4-7,10-11,21,28-30H,8-9,12H2,1-3H3. The van der Waals surface area contributed by atoms with Gasteiger partial charge in [-0.05, 0) is 49.7 Å². The summed E-state index contributed by atoms with van der Waals surface area (Å²) in [5.74, 6) is -2.91. The van der Waals surface area contributed by atoms with Crippen molar-refractivity contribution in [3.63, 3.8) is 0 Å². The van der Waals surface area contributed by atoms with Crippen molar-refractivity contribution < 1.29 is 40.2 Å². The van der Waals surface area contributed by atoms with Crippen molar-refractivity contribution >= 4 is 32.6 Å². The Hall–Kier alpha value is -3.32. The van der Waals surface area contributed by atoms with E-state index in [-0.39, 0.29) is 18.8 Å².